The van der Waals surface area contributed by atoms with Gasteiger partial charge in [-0.05, 0) is 51.4 Å². The highest BCUT2D eigenvalue weighted by Gasteiger charge is 2.27. The van der Waals surface area contributed by atoms with Crippen LogP contribution in [0.15, 0.2) is 48.6 Å². The summed E-state index contributed by atoms with van der Waals surface area (Å²) in [5, 5.41) is 18.3. The molecule has 0 saturated heterocycles. The summed E-state index contributed by atoms with van der Waals surface area (Å²) in [6.07, 6.45) is 39.4. The topological polar surface area (TPSA) is 149 Å². The van der Waals surface area contributed by atoms with Gasteiger partial charge in [0.05, 0.1) is 19.8 Å². The number of carbonyl (C=O) groups excluding carboxylic acids is 2. The van der Waals surface area contributed by atoms with Gasteiger partial charge < -0.3 is 24.6 Å². The van der Waals surface area contributed by atoms with Gasteiger partial charge in [-0.2, -0.15) is 0 Å². The van der Waals surface area contributed by atoms with Crippen LogP contribution in [0.3, 0.4) is 0 Å². The van der Waals surface area contributed by atoms with E-state index >= 15 is 0 Å². The van der Waals surface area contributed by atoms with Gasteiger partial charge in [-0.15, -0.1) is 0 Å². The molecule has 0 heterocycles. The summed E-state index contributed by atoms with van der Waals surface area (Å²) >= 11 is 0. The predicted octanol–water partition coefficient (Wildman–Crippen LogP) is 10.6. The van der Waals surface area contributed by atoms with Crippen LogP contribution in [0.5, 0.6) is 0 Å². The minimum Gasteiger partial charge on any atom is -0.462 e. The minimum absolute atomic E-state index is 0.177. The molecule has 53 heavy (non-hydrogen) atoms. The standard InChI is InChI=1S/C42H75O10P/c1-3-5-7-9-11-13-15-17-19-21-23-25-27-29-31-33-41(45)49-37-40(38-51-53(47,48)50-36-39(44)35-43)52-42(46)34-32-30-28-26-24-22-20-18-16-14-12-10-8-6-4-2/h5,7,11,13,17,19,23,25,39-40,43-44H,3-4,6,8-10,12,14-16,18,20-22,24,26-38H2,1-2H3,(H,47,48)/b7-5-,13-11-,19-17-,25-23-/t39-,40+/m0/s1. The van der Waals surface area contributed by atoms with E-state index in [-0.39, 0.29) is 19.4 Å². The molecule has 3 atom stereocenters. The first-order valence-electron chi connectivity index (χ1n) is 20.6. The molecule has 3 N–H and O–H groups in total. The van der Waals surface area contributed by atoms with Gasteiger partial charge in [-0.25, -0.2) is 4.57 Å². The van der Waals surface area contributed by atoms with Gasteiger partial charge >= 0.3 is 19.8 Å². The summed E-state index contributed by atoms with van der Waals surface area (Å²) in [7, 11) is -4.62. The summed E-state index contributed by atoms with van der Waals surface area (Å²) in [5.74, 6) is -0.972. The number of aliphatic hydroxyl groups is 2. The summed E-state index contributed by atoms with van der Waals surface area (Å²) in [4.78, 5) is 34.9. The van der Waals surface area contributed by atoms with E-state index in [0.29, 0.717) is 12.8 Å². The number of rotatable bonds is 38. The number of aliphatic hydroxyl groups excluding tert-OH is 2. The third-order valence-corrected chi connectivity index (χ3v) is 9.45. The van der Waals surface area contributed by atoms with Crippen molar-refractivity contribution in [3.63, 3.8) is 0 Å². The molecule has 0 aromatic rings. The monoisotopic (exact) mass is 771 g/mol. The molecule has 0 spiro atoms. The number of phosphoric ester groups is 1. The van der Waals surface area contributed by atoms with Crippen molar-refractivity contribution >= 4 is 19.8 Å². The molecule has 0 aromatic heterocycles. The highest BCUT2D eigenvalue weighted by Crippen LogP contribution is 2.43. The summed E-state index contributed by atoms with van der Waals surface area (Å²) in [6.45, 7) is 2.21. The summed E-state index contributed by atoms with van der Waals surface area (Å²) in [5.41, 5.74) is 0. The number of hydrogen-bond acceptors (Lipinski definition) is 9. The Morgan fingerprint density at radius 3 is 1.57 bits per heavy atom. The second-order valence-electron chi connectivity index (χ2n) is 13.6. The first-order valence-corrected chi connectivity index (χ1v) is 22.1. The zero-order valence-electron chi connectivity index (χ0n) is 33.2. The molecule has 1 unspecified atom stereocenters. The van der Waals surface area contributed by atoms with Gasteiger partial charge in [-0.1, -0.05) is 152 Å². The Balaban J connectivity index is 4.39. The van der Waals surface area contributed by atoms with Gasteiger partial charge in [0.15, 0.2) is 6.10 Å². The molecular formula is C42H75O10P. The molecule has 0 amide bonds. The largest absolute Gasteiger partial charge is 0.472 e. The SMILES string of the molecule is CC/C=C\C/C=C\C/C=C\C/C=C\CCCCC(=O)OC[C@H](COP(=O)(O)OC[C@@H](O)CO)OC(=O)CCCCCCCCCCCCCCCCC. The fourth-order valence-corrected chi connectivity index (χ4v) is 6.13. The van der Waals surface area contributed by atoms with E-state index in [4.69, 9.17) is 19.1 Å². The van der Waals surface area contributed by atoms with Crippen molar-refractivity contribution in [3.8, 4) is 0 Å². The van der Waals surface area contributed by atoms with Gasteiger partial charge in [0.1, 0.15) is 12.7 Å². The Bertz CT molecular complexity index is 1030. The molecule has 11 heteroatoms. The third kappa shape index (κ3) is 38.0. The van der Waals surface area contributed by atoms with Gasteiger partial charge in [0, 0.05) is 12.8 Å². The zero-order chi connectivity index (χ0) is 39.1. The second-order valence-corrected chi connectivity index (χ2v) is 15.1. The van der Waals surface area contributed by atoms with Crippen molar-refractivity contribution in [1.82, 2.24) is 0 Å². The summed E-state index contributed by atoms with van der Waals surface area (Å²) < 4.78 is 32.6. The molecule has 0 saturated carbocycles. The average Bonchev–Trinajstić information content (AvgIpc) is 3.14. The molecule has 0 rings (SSSR count). The normalized spacial score (nSPS) is 14.4. The number of unbranched alkanes of at least 4 members (excludes halogenated alkanes) is 16. The van der Waals surface area contributed by atoms with E-state index < -0.39 is 51.8 Å². The van der Waals surface area contributed by atoms with Crippen LogP contribution in [0.2, 0.25) is 0 Å². The lowest BCUT2D eigenvalue weighted by Gasteiger charge is -2.20. The Hall–Kier alpha value is -2.07. The maximum absolute atomic E-state index is 12.6. The lowest BCUT2D eigenvalue weighted by molar-refractivity contribution is -0.161. The molecule has 0 bridgehead atoms. The fraction of sp³-hybridized carbons (Fsp3) is 0.762. The average molecular weight is 771 g/mol. The zero-order valence-corrected chi connectivity index (χ0v) is 34.1. The molecular weight excluding hydrogens is 695 g/mol. The molecule has 10 nitrogen and oxygen atoms in total. The maximum Gasteiger partial charge on any atom is 0.472 e. The molecule has 308 valence electrons. The molecule has 0 radical (unpaired) electrons. The number of esters is 2. The molecule has 0 aromatic carbocycles. The predicted molar refractivity (Wildman–Crippen MR) is 214 cm³/mol. The van der Waals surface area contributed by atoms with E-state index in [0.717, 1.165) is 57.8 Å². The number of hydrogen-bond donors (Lipinski definition) is 3. The second kappa shape index (κ2) is 38.2. The Kier molecular flexibility index (Phi) is 36.7. The van der Waals surface area contributed by atoms with Crippen LogP contribution in [0.1, 0.15) is 168 Å². The van der Waals surface area contributed by atoms with Gasteiger partial charge in [0.2, 0.25) is 0 Å². The van der Waals surface area contributed by atoms with E-state index in [1.165, 1.54) is 70.6 Å². The highest BCUT2D eigenvalue weighted by atomic mass is 31.2. The van der Waals surface area contributed by atoms with E-state index in [2.05, 4.69) is 67.0 Å². The smallest absolute Gasteiger partial charge is 0.462 e. The van der Waals surface area contributed by atoms with Gasteiger partial charge in [-0.3, -0.25) is 18.6 Å². The number of allylic oxidation sites excluding steroid dienone is 8. The Morgan fingerprint density at radius 2 is 1.04 bits per heavy atom. The van der Waals surface area contributed by atoms with E-state index in [1.54, 1.807) is 0 Å². The highest BCUT2D eigenvalue weighted by molar-refractivity contribution is 7.47. The van der Waals surface area contributed by atoms with Crippen molar-refractivity contribution in [1.29, 1.82) is 0 Å². The lowest BCUT2D eigenvalue weighted by Crippen LogP contribution is -2.29. The van der Waals surface area contributed by atoms with Crippen LogP contribution in [-0.2, 0) is 32.7 Å². The Labute approximate surface area is 322 Å². The number of ether oxygens (including phenoxy) is 2. The number of phosphoric acid groups is 1. The first-order chi connectivity index (χ1) is 25.7. The van der Waals surface area contributed by atoms with Crippen LogP contribution in [0.4, 0.5) is 0 Å². The molecule has 0 aliphatic rings. The molecule has 0 fully saturated rings. The van der Waals surface area contributed by atoms with Crippen molar-refractivity contribution in [3.05, 3.63) is 48.6 Å². The van der Waals surface area contributed by atoms with Crippen molar-refractivity contribution in [2.45, 2.75) is 180 Å². The third-order valence-electron chi connectivity index (χ3n) is 8.50. The van der Waals surface area contributed by atoms with Crippen LogP contribution in [-0.4, -0.2) is 65.7 Å². The lowest BCUT2D eigenvalue weighted by atomic mass is 10.0. The number of carbonyl (C=O) groups is 2. The van der Waals surface area contributed by atoms with Crippen molar-refractivity contribution in [2.75, 3.05) is 26.4 Å². The maximum atomic E-state index is 12.6. The Morgan fingerprint density at radius 1 is 0.585 bits per heavy atom. The van der Waals surface area contributed by atoms with Gasteiger partial charge in [0.25, 0.3) is 0 Å². The minimum atomic E-state index is -4.62. The van der Waals surface area contributed by atoms with Crippen LogP contribution in [0.25, 0.3) is 0 Å². The quantitative estimate of drug-likeness (QED) is 0.0240. The van der Waals surface area contributed by atoms with Crippen LogP contribution >= 0.6 is 7.82 Å². The summed E-state index contributed by atoms with van der Waals surface area (Å²) in [6, 6.07) is 0. The fourth-order valence-electron chi connectivity index (χ4n) is 5.34. The van der Waals surface area contributed by atoms with Crippen LogP contribution in [0, 0.1) is 0 Å². The van der Waals surface area contributed by atoms with Crippen LogP contribution < -0.4 is 0 Å². The van der Waals surface area contributed by atoms with Crippen molar-refractivity contribution in [2.24, 2.45) is 0 Å². The molecule has 0 aliphatic carbocycles. The van der Waals surface area contributed by atoms with E-state index in [9.17, 15) is 24.2 Å². The molecule has 0 aliphatic heterocycles. The van der Waals surface area contributed by atoms with Crippen molar-refractivity contribution < 1.29 is 47.8 Å². The van der Waals surface area contributed by atoms with E-state index in [1.807, 2.05) is 0 Å². The first kappa shape index (κ1) is 50.9.